The van der Waals surface area contributed by atoms with E-state index in [0.29, 0.717) is 26.7 Å². The minimum atomic E-state index is -3.92. The lowest BCUT2D eigenvalue weighted by Crippen LogP contribution is -2.09. The Morgan fingerprint density at radius 3 is 2.24 bits per heavy atom. The number of benzene rings is 3. The molecule has 0 saturated carbocycles. The molecule has 0 atom stereocenters. The molecule has 4 nitrogen and oxygen atoms in total. The summed E-state index contributed by atoms with van der Waals surface area (Å²) in [5.41, 5.74) is 2.55. The largest absolute Gasteiger partial charge is 0.379 e. The van der Waals surface area contributed by atoms with Crippen molar-refractivity contribution in [2.24, 2.45) is 0 Å². The molecule has 7 heteroatoms. The average molecular weight is 444 g/mol. The standard InChI is InChI=1S/C22H15Cl2NO3S/c1-15-2-9-20(10-3-15)29(26,27)28-19-7-4-16(5-8-19)12-17(14-25)21-11-6-18(23)13-22(21)24/h2-13H,1H3/b17-12+. The van der Waals surface area contributed by atoms with Crippen LogP contribution in [0.5, 0.6) is 5.75 Å². The Morgan fingerprint density at radius 2 is 1.66 bits per heavy atom. The van der Waals surface area contributed by atoms with Gasteiger partial charge in [-0.3, -0.25) is 0 Å². The second-order valence-corrected chi connectivity index (χ2v) is 8.60. The fourth-order valence-corrected chi connectivity index (χ4v) is 3.98. The van der Waals surface area contributed by atoms with Gasteiger partial charge in [-0.2, -0.15) is 13.7 Å². The maximum atomic E-state index is 12.4. The van der Waals surface area contributed by atoms with Crippen LogP contribution in [0.4, 0.5) is 0 Å². The third-order valence-corrected chi connectivity index (χ3v) is 5.86. The molecule has 0 radical (unpaired) electrons. The fraction of sp³-hybridized carbons (Fsp3) is 0.0455. The third kappa shape index (κ3) is 5.18. The topological polar surface area (TPSA) is 67.2 Å². The van der Waals surface area contributed by atoms with E-state index < -0.39 is 10.1 Å². The fourth-order valence-electron chi connectivity index (χ4n) is 2.54. The molecular weight excluding hydrogens is 429 g/mol. The van der Waals surface area contributed by atoms with Gasteiger partial charge in [-0.05, 0) is 55.0 Å². The van der Waals surface area contributed by atoms with Crippen molar-refractivity contribution in [1.82, 2.24) is 0 Å². The van der Waals surface area contributed by atoms with Crippen LogP contribution in [-0.4, -0.2) is 8.42 Å². The predicted octanol–water partition coefficient (Wildman–Crippen LogP) is 6.13. The summed E-state index contributed by atoms with van der Waals surface area (Å²) in [6.45, 7) is 1.87. The van der Waals surface area contributed by atoms with E-state index >= 15 is 0 Å². The molecule has 0 amide bonds. The minimum Gasteiger partial charge on any atom is -0.379 e. The number of hydrogen-bond donors (Lipinski definition) is 0. The second-order valence-electron chi connectivity index (χ2n) is 6.21. The van der Waals surface area contributed by atoms with E-state index in [9.17, 15) is 13.7 Å². The van der Waals surface area contributed by atoms with Crippen molar-refractivity contribution in [3.05, 3.63) is 93.5 Å². The minimum absolute atomic E-state index is 0.0798. The number of halogens is 2. The molecule has 0 aliphatic rings. The van der Waals surface area contributed by atoms with Gasteiger partial charge >= 0.3 is 10.1 Å². The first kappa shape index (κ1) is 20.9. The number of hydrogen-bond acceptors (Lipinski definition) is 4. The van der Waals surface area contributed by atoms with E-state index in [1.54, 1.807) is 48.5 Å². The third-order valence-electron chi connectivity index (χ3n) is 4.05. The molecule has 0 heterocycles. The second kappa shape index (κ2) is 8.71. The van der Waals surface area contributed by atoms with Crippen molar-refractivity contribution in [2.45, 2.75) is 11.8 Å². The Morgan fingerprint density at radius 1 is 1.00 bits per heavy atom. The van der Waals surface area contributed by atoms with Crippen LogP contribution in [0.25, 0.3) is 11.6 Å². The van der Waals surface area contributed by atoms with Crippen LogP contribution >= 0.6 is 23.2 Å². The van der Waals surface area contributed by atoms with E-state index in [0.717, 1.165) is 5.56 Å². The van der Waals surface area contributed by atoms with Crippen LogP contribution in [0.15, 0.2) is 71.6 Å². The molecular formula is C22H15Cl2NO3S. The molecule has 0 fully saturated rings. The van der Waals surface area contributed by atoms with Crippen molar-refractivity contribution in [2.75, 3.05) is 0 Å². The lowest BCUT2D eigenvalue weighted by atomic mass is 10.0. The van der Waals surface area contributed by atoms with Crippen molar-refractivity contribution in [1.29, 1.82) is 5.26 Å². The molecule has 0 unspecified atom stereocenters. The summed E-state index contributed by atoms with van der Waals surface area (Å²) in [4.78, 5) is 0.0798. The monoisotopic (exact) mass is 443 g/mol. The van der Waals surface area contributed by atoms with Crippen LogP contribution in [0.2, 0.25) is 10.0 Å². The Hall–Kier alpha value is -2.78. The molecule has 29 heavy (non-hydrogen) atoms. The van der Waals surface area contributed by atoms with Crippen molar-refractivity contribution in [3.8, 4) is 11.8 Å². The molecule has 3 aromatic rings. The van der Waals surface area contributed by atoms with Gasteiger partial charge in [-0.25, -0.2) is 0 Å². The van der Waals surface area contributed by atoms with E-state index in [4.69, 9.17) is 27.4 Å². The molecule has 3 aromatic carbocycles. The molecule has 146 valence electrons. The van der Waals surface area contributed by atoms with Gasteiger partial charge in [0.05, 0.1) is 16.7 Å². The van der Waals surface area contributed by atoms with Gasteiger partial charge in [0.15, 0.2) is 0 Å². The normalized spacial score (nSPS) is 11.7. The molecule has 3 rings (SSSR count). The summed E-state index contributed by atoms with van der Waals surface area (Å²) in [5, 5.41) is 10.3. The first-order valence-corrected chi connectivity index (χ1v) is 10.6. The zero-order valence-corrected chi connectivity index (χ0v) is 17.6. The van der Waals surface area contributed by atoms with E-state index in [1.807, 2.05) is 6.92 Å². The Bertz CT molecular complexity index is 1210. The van der Waals surface area contributed by atoms with Crippen LogP contribution in [0, 0.1) is 18.3 Å². The maximum Gasteiger partial charge on any atom is 0.339 e. The molecule has 0 saturated heterocycles. The Balaban J connectivity index is 1.83. The predicted molar refractivity (Wildman–Crippen MR) is 115 cm³/mol. The number of aryl methyl sites for hydroxylation is 1. The molecule has 0 bridgehead atoms. The summed E-state index contributed by atoms with van der Waals surface area (Å²) in [6.07, 6.45) is 1.65. The van der Waals surface area contributed by atoms with Crippen molar-refractivity contribution >= 4 is 45.0 Å². The highest BCUT2D eigenvalue weighted by Gasteiger charge is 2.16. The Labute approximate surface area is 179 Å². The number of nitriles is 1. The van der Waals surface area contributed by atoms with Crippen LogP contribution < -0.4 is 4.18 Å². The SMILES string of the molecule is Cc1ccc(S(=O)(=O)Oc2ccc(/C=C(\C#N)c3ccc(Cl)cc3Cl)cc2)cc1. The van der Waals surface area contributed by atoms with Gasteiger partial charge < -0.3 is 4.18 Å². The number of allylic oxidation sites excluding steroid dienone is 1. The van der Waals surface area contributed by atoms with E-state index in [1.165, 1.54) is 24.3 Å². The van der Waals surface area contributed by atoms with Crippen molar-refractivity contribution in [3.63, 3.8) is 0 Å². The van der Waals surface area contributed by atoms with Crippen LogP contribution in [0.1, 0.15) is 16.7 Å². The smallest absolute Gasteiger partial charge is 0.339 e. The van der Waals surface area contributed by atoms with Crippen molar-refractivity contribution < 1.29 is 12.6 Å². The first-order valence-electron chi connectivity index (χ1n) is 8.47. The van der Waals surface area contributed by atoms with Crippen LogP contribution in [-0.2, 0) is 10.1 Å². The summed E-state index contributed by atoms with van der Waals surface area (Å²) < 4.78 is 29.9. The highest BCUT2D eigenvalue weighted by Crippen LogP contribution is 2.28. The lowest BCUT2D eigenvalue weighted by Gasteiger charge is -2.08. The zero-order valence-electron chi connectivity index (χ0n) is 15.3. The number of rotatable bonds is 5. The molecule has 0 N–H and O–H groups in total. The highest BCUT2D eigenvalue weighted by atomic mass is 35.5. The van der Waals surface area contributed by atoms with Gasteiger partial charge in [0.2, 0.25) is 0 Å². The van der Waals surface area contributed by atoms with Gasteiger partial charge in [0.1, 0.15) is 10.6 Å². The quantitative estimate of drug-likeness (QED) is 0.270. The first-order chi connectivity index (χ1) is 13.8. The van der Waals surface area contributed by atoms with Gasteiger partial charge in [-0.1, -0.05) is 59.1 Å². The average Bonchev–Trinajstić information content (AvgIpc) is 2.68. The van der Waals surface area contributed by atoms with E-state index in [2.05, 4.69) is 6.07 Å². The van der Waals surface area contributed by atoms with E-state index in [-0.39, 0.29) is 10.6 Å². The van der Waals surface area contributed by atoms with Gasteiger partial charge in [0, 0.05) is 10.6 Å². The summed E-state index contributed by atoms with van der Waals surface area (Å²) in [5.74, 6) is 0.172. The molecule has 0 aliphatic carbocycles. The Kier molecular flexibility index (Phi) is 6.29. The lowest BCUT2D eigenvalue weighted by molar-refractivity contribution is 0.486. The van der Waals surface area contributed by atoms with Gasteiger partial charge in [0.25, 0.3) is 0 Å². The summed E-state index contributed by atoms with van der Waals surface area (Å²) in [6, 6.07) is 19.8. The maximum absolute atomic E-state index is 12.4. The highest BCUT2D eigenvalue weighted by molar-refractivity contribution is 7.87. The van der Waals surface area contributed by atoms with Crippen LogP contribution in [0.3, 0.4) is 0 Å². The molecule has 0 aromatic heterocycles. The molecule has 0 aliphatic heterocycles. The summed E-state index contributed by atoms with van der Waals surface area (Å²) >= 11 is 12.1. The summed E-state index contributed by atoms with van der Waals surface area (Å²) in [7, 11) is -3.92. The number of nitrogens with zero attached hydrogens (tertiary/aromatic N) is 1. The van der Waals surface area contributed by atoms with Gasteiger partial charge in [-0.15, -0.1) is 0 Å². The molecule has 0 spiro atoms. The zero-order chi connectivity index (χ0) is 21.0.